The standard InChI is InChI=1S/C14H15NO4S/c16-10-11-20(17,18)15-12-6-8-14(9-7-12)19-13-4-2-1-3-5-13/h1-9,15-16H,10-11H2. The van der Waals surface area contributed by atoms with E-state index in [-0.39, 0.29) is 5.75 Å². The molecule has 0 spiro atoms. The molecule has 0 aliphatic carbocycles. The Morgan fingerprint density at radius 2 is 1.55 bits per heavy atom. The van der Waals surface area contributed by atoms with Crippen molar-refractivity contribution in [1.82, 2.24) is 0 Å². The maximum Gasteiger partial charge on any atom is 0.234 e. The number of rotatable bonds is 6. The summed E-state index contributed by atoms with van der Waals surface area (Å²) in [5.74, 6) is 0.998. The Balaban J connectivity index is 2.03. The Kier molecular flexibility index (Phi) is 4.60. The Hall–Kier alpha value is -2.05. The van der Waals surface area contributed by atoms with E-state index in [0.717, 1.165) is 0 Å². The van der Waals surface area contributed by atoms with Crippen molar-refractivity contribution in [3.63, 3.8) is 0 Å². The van der Waals surface area contributed by atoms with E-state index in [1.54, 1.807) is 24.3 Å². The first-order chi connectivity index (χ1) is 9.59. The molecule has 2 aromatic carbocycles. The van der Waals surface area contributed by atoms with Crippen LogP contribution in [-0.4, -0.2) is 25.9 Å². The van der Waals surface area contributed by atoms with Gasteiger partial charge in [-0.2, -0.15) is 0 Å². The van der Waals surface area contributed by atoms with Crippen LogP contribution in [0.25, 0.3) is 0 Å². The van der Waals surface area contributed by atoms with E-state index >= 15 is 0 Å². The predicted molar refractivity (Wildman–Crippen MR) is 77.5 cm³/mol. The zero-order chi connectivity index (χ0) is 14.4. The van der Waals surface area contributed by atoms with Gasteiger partial charge in [0.2, 0.25) is 10.0 Å². The molecule has 20 heavy (non-hydrogen) atoms. The predicted octanol–water partition coefficient (Wildman–Crippen LogP) is 2.21. The zero-order valence-corrected chi connectivity index (χ0v) is 11.5. The van der Waals surface area contributed by atoms with E-state index in [0.29, 0.717) is 17.2 Å². The molecule has 6 heteroatoms. The minimum absolute atomic E-state index is 0.324. The number of aliphatic hydroxyl groups excluding tert-OH is 1. The molecular formula is C14H15NO4S. The van der Waals surface area contributed by atoms with Crippen LogP contribution >= 0.6 is 0 Å². The topological polar surface area (TPSA) is 75.6 Å². The van der Waals surface area contributed by atoms with Gasteiger partial charge in [-0.15, -0.1) is 0 Å². The molecule has 0 unspecified atom stereocenters. The van der Waals surface area contributed by atoms with Crippen LogP contribution in [0, 0.1) is 0 Å². The monoisotopic (exact) mass is 293 g/mol. The fraction of sp³-hybridized carbons (Fsp3) is 0.143. The summed E-state index contributed by atoms with van der Waals surface area (Å²) in [4.78, 5) is 0. The number of aliphatic hydroxyl groups is 1. The molecule has 2 rings (SSSR count). The highest BCUT2D eigenvalue weighted by atomic mass is 32.2. The average Bonchev–Trinajstić information content (AvgIpc) is 2.42. The van der Waals surface area contributed by atoms with Crippen molar-refractivity contribution in [3.05, 3.63) is 54.6 Å². The second-order valence-corrected chi connectivity index (χ2v) is 5.93. The molecule has 0 atom stereocenters. The number of hydrogen-bond donors (Lipinski definition) is 2. The van der Waals surface area contributed by atoms with E-state index in [2.05, 4.69) is 4.72 Å². The number of para-hydroxylation sites is 1. The Morgan fingerprint density at radius 1 is 0.950 bits per heavy atom. The Labute approximate surface area is 117 Å². The van der Waals surface area contributed by atoms with E-state index in [9.17, 15) is 8.42 Å². The van der Waals surface area contributed by atoms with E-state index in [1.165, 1.54) is 0 Å². The molecule has 0 saturated heterocycles. The van der Waals surface area contributed by atoms with Gasteiger partial charge in [0.15, 0.2) is 0 Å². The van der Waals surface area contributed by atoms with Crippen LogP contribution < -0.4 is 9.46 Å². The lowest BCUT2D eigenvalue weighted by Gasteiger charge is -2.08. The van der Waals surface area contributed by atoms with Gasteiger partial charge in [-0.3, -0.25) is 4.72 Å². The van der Waals surface area contributed by atoms with Crippen molar-refractivity contribution in [2.24, 2.45) is 0 Å². The summed E-state index contributed by atoms with van der Waals surface area (Å²) >= 11 is 0. The third-order valence-corrected chi connectivity index (χ3v) is 3.73. The zero-order valence-electron chi connectivity index (χ0n) is 10.7. The molecule has 0 heterocycles. The molecule has 0 aromatic heterocycles. The van der Waals surface area contributed by atoms with Gasteiger partial charge in [-0.1, -0.05) is 18.2 Å². The van der Waals surface area contributed by atoms with Gasteiger partial charge in [0, 0.05) is 5.69 Å². The molecule has 0 radical (unpaired) electrons. The second kappa shape index (κ2) is 6.40. The molecule has 2 aromatic rings. The first kappa shape index (κ1) is 14.4. The number of anilines is 1. The fourth-order valence-electron chi connectivity index (χ4n) is 1.57. The van der Waals surface area contributed by atoms with Crippen molar-refractivity contribution in [2.45, 2.75) is 0 Å². The summed E-state index contributed by atoms with van der Waals surface area (Å²) in [5, 5.41) is 8.65. The van der Waals surface area contributed by atoms with Crippen LogP contribution in [0.4, 0.5) is 5.69 Å². The van der Waals surface area contributed by atoms with Gasteiger partial charge in [0.25, 0.3) is 0 Å². The van der Waals surface area contributed by atoms with Crippen molar-refractivity contribution in [1.29, 1.82) is 0 Å². The minimum atomic E-state index is -3.50. The molecule has 5 nitrogen and oxygen atoms in total. The summed E-state index contributed by atoms with van der Waals surface area (Å²) in [6, 6.07) is 15.8. The summed E-state index contributed by atoms with van der Waals surface area (Å²) in [5.41, 5.74) is 0.430. The number of ether oxygens (including phenoxy) is 1. The molecule has 2 N–H and O–H groups in total. The van der Waals surface area contributed by atoms with Gasteiger partial charge in [0.05, 0.1) is 12.4 Å². The summed E-state index contributed by atoms with van der Waals surface area (Å²) in [7, 11) is -3.50. The van der Waals surface area contributed by atoms with Gasteiger partial charge in [-0.25, -0.2) is 8.42 Å². The maximum absolute atomic E-state index is 11.5. The highest BCUT2D eigenvalue weighted by Gasteiger charge is 2.09. The Morgan fingerprint density at radius 3 is 2.15 bits per heavy atom. The van der Waals surface area contributed by atoms with Gasteiger partial charge < -0.3 is 9.84 Å². The molecule has 0 bridgehead atoms. The van der Waals surface area contributed by atoms with E-state index in [1.807, 2.05) is 30.3 Å². The lowest BCUT2D eigenvalue weighted by molar-refractivity contribution is 0.320. The van der Waals surface area contributed by atoms with Crippen LogP contribution in [0.3, 0.4) is 0 Å². The fourth-order valence-corrected chi connectivity index (χ4v) is 2.40. The molecular weight excluding hydrogens is 278 g/mol. The number of nitrogens with one attached hydrogen (secondary N) is 1. The van der Waals surface area contributed by atoms with Crippen LogP contribution in [-0.2, 0) is 10.0 Å². The summed E-state index contributed by atoms with van der Waals surface area (Å²) in [6.45, 7) is -0.412. The van der Waals surface area contributed by atoms with Crippen molar-refractivity contribution < 1.29 is 18.3 Å². The average molecular weight is 293 g/mol. The van der Waals surface area contributed by atoms with Crippen molar-refractivity contribution >= 4 is 15.7 Å². The summed E-state index contributed by atoms with van der Waals surface area (Å²) < 4.78 is 30.9. The van der Waals surface area contributed by atoms with Gasteiger partial charge in [0.1, 0.15) is 11.5 Å². The van der Waals surface area contributed by atoms with Gasteiger partial charge in [-0.05, 0) is 36.4 Å². The van der Waals surface area contributed by atoms with Crippen LogP contribution in [0.15, 0.2) is 54.6 Å². The molecule has 0 saturated carbocycles. The second-order valence-electron chi connectivity index (χ2n) is 4.08. The van der Waals surface area contributed by atoms with Crippen molar-refractivity contribution in [2.75, 3.05) is 17.1 Å². The number of sulfonamides is 1. The normalized spacial score (nSPS) is 11.1. The third kappa shape index (κ3) is 4.25. The molecule has 0 aliphatic rings. The first-order valence-corrected chi connectivity index (χ1v) is 7.68. The first-order valence-electron chi connectivity index (χ1n) is 6.03. The molecule has 0 aliphatic heterocycles. The Bertz CT molecular complexity index is 639. The van der Waals surface area contributed by atoms with Gasteiger partial charge >= 0.3 is 0 Å². The molecule has 0 amide bonds. The van der Waals surface area contributed by atoms with E-state index in [4.69, 9.17) is 9.84 Å². The lowest BCUT2D eigenvalue weighted by atomic mass is 10.3. The van der Waals surface area contributed by atoms with Crippen LogP contribution in [0.1, 0.15) is 0 Å². The highest BCUT2D eigenvalue weighted by Crippen LogP contribution is 2.22. The minimum Gasteiger partial charge on any atom is -0.457 e. The maximum atomic E-state index is 11.5. The number of benzene rings is 2. The van der Waals surface area contributed by atoms with E-state index < -0.39 is 16.6 Å². The third-order valence-electron chi connectivity index (χ3n) is 2.47. The number of hydrogen-bond acceptors (Lipinski definition) is 4. The SMILES string of the molecule is O=S(=O)(CCO)Nc1ccc(Oc2ccccc2)cc1. The smallest absolute Gasteiger partial charge is 0.234 e. The van der Waals surface area contributed by atoms with Crippen LogP contribution in [0.5, 0.6) is 11.5 Å². The highest BCUT2D eigenvalue weighted by molar-refractivity contribution is 7.92. The largest absolute Gasteiger partial charge is 0.457 e. The lowest BCUT2D eigenvalue weighted by Crippen LogP contribution is -2.18. The quantitative estimate of drug-likeness (QED) is 0.856. The molecule has 106 valence electrons. The van der Waals surface area contributed by atoms with Crippen LogP contribution in [0.2, 0.25) is 0 Å². The van der Waals surface area contributed by atoms with Crippen molar-refractivity contribution in [3.8, 4) is 11.5 Å². The summed E-state index contributed by atoms with van der Waals surface area (Å²) in [6.07, 6.45) is 0. The molecule has 0 fully saturated rings.